The highest BCUT2D eigenvalue weighted by Crippen LogP contribution is 2.31. The molecule has 1 aromatic rings. The number of hydrogen-bond donors (Lipinski definition) is 1. The lowest BCUT2D eigenvalue weighted by Gasteiger charge is -2.13. The molecule has 1 rings (SSSR count). The molecule has 1 N–H and O–H groups in total. The Labute approximate surface area is 124 Å². The van der Waals surface area contributed by atoms with Crippen LogP contribution >= 0.6 is 0 Å². The molecule has 0 amide bonds. The van der Waals surface area contributed by atoms with Gasteiger partial charge in [0.15, 0.2) is 6.79 Å². The minimum Gasteiger partial charge on any atom is -0.496 e. The fraction of sp³-hybridized carbons (Fsp3) is 0.312. The van der Waals surface area contributed by atoms with Gasteiger partial charge in [0.2, 0.25) is 0 Å². The predicted octanol–water partition coefficient (Wildman–Crippen LogP) is 3.11. The lowest BCUT2D eigenvalue weighted by Crippen LogP contribution is -2.00. The van der Waals surface area contributed by atoms with Crippen LogP contribution in [0.2, 0.25) is 0 Å². The Morgan fingerprint density at radius 1 is 1.33 bits per heavy atom. The summed E-state index contributed by atoms with van der Waals surface area (Å²) in [6.45, 7) is 2.15. The molecule has 0 aliphatic carbocycles. The molecule has 21 heavy (non-hydrogen) atoms. The molecule has 0 spiro atoms. The zero-order valence-electron chi connectivity index (χ0n) is 12.5. The average Bonchev–Trinajstić information content (AvgIpc) is 2.49. The Morgan fingerprint density at radius 3 is 2.67 bits per heavy atom. The third kappa shape index (κ3) is 5.31. The topological polar surface area (TPSA) is 65.0 Å². The van der Waals surface area contributed by atoms with Crippen molar-refractivity contribution in [3.8, 4) is 11.5 Å². The molecule has 1 aromatic carbocycles. The molecule has 5 nitrogen and oxygen atoms in total. The highest BCUT2D eigenvalue weighted by Gasteiger charge is 2.09. The lowest BCUT2D eigenvalue weighted by molar-refractivity contribution is -0.131. The molecule has 0 heterocycles. The van der Waals surface area contributed by atoms with Gasteiger partial charge < -0.3 is 19.3 Å². The first kappa shape index (κ1) is 16.8. The van der Waals surface area contributed by atoms with Gasteiger partial charge in [-0.2, -0.15) is 0 Å². The Kier molecular flexibility index (Phi) is 7.04. The van der Waals surface area contributed by atoms with Gasteiger partial charge in [-0.05, 0) is 30.2 Å². The Bertz CT molecular complexity index is 531. The highest BCUT2D eigenvalue weighted by atomic mass is 16.7. The van der Waals surface area contributed by atoms with Crippen LogP contribution in [0.5, 0.6) is 11.5 Å². The maximum Gasteiger partial charge on any atom is 0.328 e. The first-order valence-corrected chi connectivity index (χ1v) is 6.52. The maximum absolute atomic E-state index is 10.5. The van der Waals surface area contributed by atoms with Crippen LogP contribution in [0.4, 0.5) is 0 Å². The first-order valence-electron chi connectivity index (χ1n) is 6.52. The van der Waals surface area contributed by atoms with Gasteiger partial charge in [0, 0.05) is 18.7 Å². The largest absolute Gasteiger partial charge is 0.496 e. The normalized spacial score (nSPS) is 11.7. The monoisotopic (exact) mass is 292 g/mol. The number of carbonyl (C=O) groups is 1. The molecular weight excluding hydrogens is 272 g/mol. The van der Waals surface area contributed by atoms with Crippen molar-refractivity contribution in [2.75, 3.05) is 21.0 Å². The number of methoxy groups -OCH3 is 2. The van der Waals surface area contributed by atoms with Crippen molar-refractivity contribution in [1.29, 1.82) is 0 Å². The van der Waals surface area contributed by atoms with Crippen molar-refractivity contribution in [2.24, 2.45) is 0 Å². The number of aliphatic carboxylic acids is 1. The van der Waals surface area contributed by atoms with Gasteiger partial charge in [0.25, 0.3) is 0 Å². The minimum atomic E-state index is -0.981. The van der Waals surface area contributed by atoms with Gasteiger partial charge in [0.05, 0.1) is 7.11 Å². The number of allylic oxidation sites excluding steroid dienone is 3. The summed E-state index contributed by atoms with van der Waals surface area (Å²) in [6.07, 6.45) is 5.08. The second-order valence-electron chi connectivity index (χ2n) is 4.16. The number of carboxylic acids is 1. The smallest absolute Gasteiger partial charge is 0.328 e. The molecular formula is C16H20O5. The third-order valence-corrected chi connectivity index (χ3v) is 2.78. The van der Waals surface area contributed by atoms with E-state index in [4.69, 9.17) is 19.3 Å². The quantitative estimate of drug-likeness (QED) is 0.453. The Balaban J connectivity index is 3.12. The van der Waals surface area contributed by atoms with Gasteiger partial charge in [-0.25, -0.2) is 4.79 Å². The van der Waals surface area contributed by atoms with Crippen molar-refractivity contribution >= 4 is 11.5 Å². The molecule has 0 bridgehead atoms. The van der Waals surface area contributed by atoms with Crippen LogP contribution in [0.1, 0.15) is 18.9 Å². The number of benzene rings is 1. The number of ether oxygens (including phenoxy) is 3. The molecule has 114 valence electrons. The van der Waals surface area contributed by atoms with Crippen LogP contribution in [0.3, 0.4) is 0 Å². The number of rotatable bonds is 8. The zero-order chi connectivity index (χ0) is 15.7. The summed E-state index contributed by atoms with van der Waals surface area (Å²) in [5.74, 6) is 0.386. The van der Waals surface area contributed by atoms with E-state index in [-0.39, 0.29) is 6.79 Å². The van der Waals surface area contributed by atoms with Gasteiger partial charge in [-0.15, -0.1) is 0 Å². The second kappa shape index (κ2) is 8.81. The van der Waals surface area contributed by atoms with Crippen molar-refractivity contribution in [2.45, 2.75) is 13.3 Å². The van der Waals surface area contributed by atoms with Crippen LogP contribution < -0.4 is 9.47 Å². The molecule has 0 unspecified atom stereocenters. The Morgan fingerprint density at radius 2 is 2.10 bits per heavy atom. The summed E-state index contributed by atoms with van der Waals surface area (Å²) in [6, 6.07) is 5.45. The summed E-state index contributed by atoms with van der Waals surface area (Å²) in [5, 5.41) is 8.64. The predicted molar refractivity (Wildman–Crippen MR) is 80.5 cm³/mol. The van der Waals surface area contributed by atoms with Crippen LogP contribution in [0.15, 0.2) is 36.4 Å². The van der Waals surface area contributed by atoms with E-state index < -0.39 is 5.97 Å². The lowest BCUT2D eigenvalue weighted by atomic mass is 10.0. The zero-order valence-corrected chi connectivity index (χ0v) is 12.5. The number of carboxylic acid groups (broad SMARTS) is 1. The van der Waals surface area contributed by atoms with E-state index >= 15 is 0 Å². The van der Waals surface area contributed by atoms with Gasteiger partial charge in [-0.1, -0.05) is 19.1 Å². The summed E-state index contributed by atoms with van der Waals surface area (Å²) < 4.78 is 15.6. The van der Waals surface area contributed by atoms with Crippen LogP contribution in [-0.2, 0) is 9.53 Å². The standard InChI is InChI=1S/C16H20O5/c1-4-12(6-5-7-16(17)18)14-10-13(21-11-19-2)8-9-15(14)20-3/h5-10H,4,11H2,1-3H3,(H,17,18). The van der Waals surface area contributed by atoms with Crippen LogP contribution in [0.25, 0.3) is 5.57 Å². The maximum atomic E-state index is 10.5. The summed E-state index contributed by atoms with van der Waals surface area (Å²) in [5.41, 5.74) is 1.82. The van der Waals surface area contributed by atoms with Crippen molar-refractivity contribution in [1.82, 2.24) is 0 Å². The molecule has 0 fully saturated rings. The summed E-state index contributed by atoms with van der Waals surface area (Å²) in [4.78, 5) is 10.5. The minimum absolute atomic E-state index is 0.163. The molecule has 0 radical (unpaired) electrons. The molecule has 0 aromatic heterocycles. The SMILES string of the molecule is CCC(=CC=CC(=O)O)c1cc(OCOC)ccc1OC. The molecule has 0 saturated heterocycles. The average molecular weight is 292 g/mol. The van der Waals surface area contributed by atoms with Crippen LogP contribution in [-0.4, -0.2) is 32.1 Å². The van der Waals surface area contributed by atoms with E-state index in [0.717, 1.165) is 23.6 Å². The van der Waals surface area contributed by atoms with E-state index in [0.29, 0.717) is 11.5 Å². The number of hydrogen-bond acceptors (Lipinski definition) is 4. The molecule has 5 heteroatoms. The van der Waals surface area contributed by atoms with Gasteiger partial charge in [0.1, 0.15) is 11.5 Å². The molecule has 0 aliphatic heterocycles. The van der Waals surface area contributed by atoms with Gasteiger partial charge in [-0.3, -0.25) is 0 Å². The summed E-state index contributed by atoms with van der Waals surface area (Å²) in [7, 11) is 3.15. The fourth-order valence-corrected chi connectivity index (χ4v) is 1.80. The molecule has 0 atom stereocenters. The summed E-state index contributed by atoms with van der Waals surface area (Å²) >= 11 is 0. The van der Waals surface area contributed by atoms with Crippen molar-refractivity contribution < 1.29 is 24.1 Å². The third-order valence-electron chi connectivity index (χ3n) is 2.78. The fourth-order valence-electron chi connectivity index (χ4n) is 1.80. The van der Waals surface area contributed by atoms with Gasteiger partial charge >= 0.3 is 5.97 Å². The molecule has 0 saturated carbocycles. The van der Waals surface area contributed by atoms with E-state index in [9.17, 15) is 4.79 Å². The molecule has 0 aliphatic rings. The Hall–Kier alpha value is -2.27. The van der Waals surface area contributed by atoms with Crippen LogP contribution in [0, 0.1) is 0 Å². The first-order chi connectivity index (χ1) is 10.1. The van der Waals surface area contributed by atoms with Crippen molar-refractivity contribution in [3.63, 3.8) is 0 Å². The van der Waals surface area contributed by atoms with E-state index in [1.165, 1.54) is 6.08 Å². The highest BCUT2D eigenvalue weighted by molar-refractivity contribution is 5.81. The van der Waals surface area contributed by atoms with Crippen molar-refractivity contribution in [3.05, 3.63) is 42.0 Å². The second-order valence-corrected chi connectivity index (χ2v) is 4.16. The van der Waals surface area contributed by atoms with E-state index in [1.807, 2.05) is 19.1 Å². The van der Waals surface area contributed by atoms with E-state index in [1.54, 1.807) is 26.4 Å². The van der Waals surface area contributed by atoms with E-state index in [2.05, 4.69) is 0 Å².